The van der Waals surface area contributed by atoms with E-state index >= 15 is 0 Å². The van der Waals surface area contributed by atoms with E-state index in [1.807, 2.05) is 0 Å². The van der Waals surface area contributed by atoms with Crippen molar-refractivity contribution in [3.05, 3.63) is 212 Å². The first-order chi connectivity index (χ1) is 27.3. The fraction of sp³-hybridized carbons (Fsp3) is 0. The lowest BCUT2D eigenvalue weighted by Crippen LogP contribution is -2.10. The van der Waals surface area contributed by atoms with Crippen LogP contribution in [0.15, 0.2) is 212 Å². The summed E-state index contributed by atoms with van der Waals surface area (Å²) in [5.74, 6) is 0. The Morgan fingerprint density at radius 2 is 0.800 bits per heavy atom. The van der Waals surface area contributed by atoms with Crippen LogP contribution in [0.5, 0.6) is 0 Å². The van der Waals surface area contributed by atoms with Crippen molar-refractivity contribution in [2.45, 2.75) is 0 Å². The van der Waals surface area contributed by atoms with Gasteiger partial charge in [-0.05, 0) is 94.7 Å². The van der Waals surface area contributed by atoms with Gasteiger partial charge in [0.2, 0.25) is 0 Å². The molecule has 0 aliphatic carbocycles. The van der Waals surface area contributed by atoms with Gasteiger partial charge < -0.3 is 14.0 Å². The Morgan fingerprint density at radius 3 is 1.53 bits per heavy atom. The second-order valence-electron chi connectivity index (χ2n) is 14.2. The smallest absolute Gasteiger partial charge is 0.0561 e. The molecule has 0 N–H and O–H groups in total. The Labute approximate surface area is 319 Å². The van der Waals surface area contributed by atoms with Gasteiger partial charge in [0.1, 0.15) is 0 Å². The van der Waals surface area contributed by atoms with Crippen molar-refractivity contribution in [3.8, 4) is 22.5 Å². The average Bonchev–Trinajstić information content (AvgIpc) is 3.77. The highest BCUT2D eigenvalue weighted by atomic mass is 15.1. The number of anilines is 3. The van der Waals surface area contributed by atoms with Crippen molar-refractivity contribution < 1.29 is 0 Å². The monoisotopic (exact) mass is 701 g/mol. The molecule has 11 aromatic rings. The first kappa shape index (κ1) is 31.2. The van der Waals surface area contributed by atoms with Crippen LogP contribution in [0.1, 0.15) is 0 Å². The molecule has 9 aromatic carbocycles. The maximum Gasteiger partial charge on any atom is 0.0561 e. The molecule has 55 heavy (non-hydrogen) atoms. The zero-order chi connectivity index (χ0) is 36.3. The van der Waals surface area contributed by atoms with Crippen LogP contribution >= 0.6 is 0 Å². The minimum absolute atomic E-state index is 1.10. The van der Waals surface area contributed by atoms with Crippen molar-refractivity contribution in [2.75, 3.05) is 4.90 Å². The van der Waals surface area contributed by atoms with E-state index in [4.69, 9.17) is 0 Å². The van der Waals surface area contributed by atoms with E-state index in [-0.39, 0.29) is 0 Å². The Bertz CT molecular complexity index is 3130. The lowest BCUT2D eigenvalue weighted by molar-refractivity contribution is 1.15. The molecule has 0 radical (unpaired) electrons. The van der Waals surface area contributed by atoms with Gasteiger partial charge in [0.15, 0.2) is 0 Å². The van der Waals surface area contributed by atoms with Crippen LogP contribution in [0.4, 0.5) is 17.1 Å². The highest BCUT2D eigenvalue weighted by Gasteiger charge is 2.19. The third-order valence-corrected chi connectivity index (χ3v) is 11.1. The fourth-order valence-electron chi connectivity index (χ4n) is 8.62. The number of rotatable bonds is 6. The normalized spacial score (nSPS) is 11.6. The number of nitrogens with zero attached hydrogens (tertiary/aromatic N) is 3. The van der Waals surface area contributed by atoms with E-state index in [2.05, 4.69) is 226 Å². The molecular formula is C52H35N3. The predicted molar refractivity (Wildman–Crippen MR) is 233 cm³/mol. The first-order valence-corrected chi connectivity index (χ1v) is 18.9. The van der Waals surface area contributed by atoms with Crippen LogP contribution in [0.25, 0.3) is 76.9 Å². The molecule has 0 saturated carbocycles. The van der Waals surface area contributed by atoms with Crippen LogP contribution in [-0.4, -0.2) is 9.13 Å². The summed E-state index contributed by atoms with van der Waals surface area (Å²) in [7, 11) is 0. The highest BCUT2D eigenvalue weighted by Crippen LogP contribution is 2.42. The van der Waals surface area contributed by atoms with Gasteiger partial charge in [-0.3, -0.25) is 0 Å². The second-order valence-corrected chi connectivity index (χ2v) is 14.2. The van der Waals surface area contributed by atoms with Gasteiger partial charge >= 0.3 is 0 Å². The van der Waals surface area contributed by atoms with Crippen molar-refractivity contribution in [2.24, 2.45) is 0 Å². The number of hydrogen-bond acceptors (Lipinski definition) is 1. The molecule has 0 spiro atoms. The molecule has 0 saturated heterocycles. The Hall–Kier alpha value is -7.36. The summed E-state index contributed by atoms with van der Waals surface area (Å²) in [5, 5.41) is 7.48. The lowest BCUT2D eigenvalue weighted by atomic mass is 9.98. The topological polar surface area (TPSA) is 13.1 Å². The van der Waals surface area contributed by atoms with Gasteiger partial charge in [0.25, 0.3) is 0 Å². The molecular weight excluding hydrogens is 667 g/mol. The van der Waals surface area contributed by atoms with Gasteiger partial charge in [-0.1, -0.05) is 140 Å². The van der Waals surface area contributed by atoms with E-state index in [1.54, 1.807) is 0 Å². The first-order valence-electron chi connectivity index (χ1n) is 18.9. The molecule has 0 amide bonds. The summed E-state index contributed by atoms with van der Waals surface area (Å²) in [4.78, 5) is 2.36. The number of benzene rings is 9. The maximum absolute atomic E-state index is 2.43. The summed E-state index contributed by atoms with van der Waals surface area (Å²) in [6.45, 7) is 0. The summed E-state index contributed by atoms with van der Waals surface area (Å²) in [6, 6.07) is 76.9. The summed E-state index contributed by atoms with van der Waals surface area (Å²) < 4.78 is 4.83. The maximum atomic E-state index is 2.43. The minimum Gasteiger partial charge on any atom is -0.310 e. The predicted octanol–water partition coefficient (Wildman–Crippen LogP) is 14.2. The largest absolute Gasteiger partial charge is 0.310 e. The molecule has 0 atom stereocenters. The van der Waals surface area contributed by atoms with Crippen molar-refractivity contribution in [3.63, 3.8) is 0 Å². The molecule has 3 nitrogen and oxygen atoms in total. The molecule has 2 aromatic heterocycles. The molecule has 0 aliphatic heterocycles. The summed E-state index contributed by atoms with van der Waals surface area (Å²) in [5.41, 5.74) is 12.8. The lowest BCUT2D eigenvalue weighted by Gasteiger charge is -2.26. The molecule has 258 valence electrons. The van der Waals surface area contributed by atoms with Crippen LogP contribution in [0, 0.1) is 0 Å². The van der Waals surface area contributed by atoms with Crippen LogP contribution in [0.2, 0.25) is 0 Å². The summed E-state index contributed by atoms with van der Waals surface area (Å²) >= 11 is 0. The Kier molecular flexibility index (Phi) is 7.17. The van der Waals surface area contributed by atoms with E-state index in [9.17, 15) is 0 Å². The van der Waals surface area contributed by atoms with Crippen molar-refractivity contribution >= 4 is 71.4 Å². The van der Waals surface area contributed by atoms with E-state index < -0.39 is 0 Å². The van der Waals surface area contributed by atoms with Gasteiger partial charge in [0.05, 0.1) is 22.1 Å². The van der Waals surface area contributed by atoms with E-state index in [1.165, 1.54) is 60.0 Å². The highest BCUT2D eigenvalue weighted by molar-refractivity contribution is 6.12. The molecule has 0 fully saturated rings. The fourth-order valence-corrected chi connectivity index (χ4v) is 8.62. The molecule has 2 heterocycles. The van der Waals surface area contributed by atoms with Crippen molar-refractivity contribution in [1.82, 2.24) is 9.13 Å². The van der Waals surface area contributed by atoms with Gasteiger partial charge in [-0.25, -0.2) is 0 Å². The zero-order valence-electron chi connectivity index (χ0n) is 30.0. The Balaban J connectivity index is 1.11. The SMILES string of the molecule is c1ccc(N(c2ccc(-c3cccc4ccccc34)cc2)c2ccc3c4ccc(-n5c6ccccc6c6ccccc65)cc4n(-c4ccccc4)c3c2)cc1. The van der Waals surface area contributed by atoms with Gasteiger partial charge in [0, 0.05) is 50.0 Å². The Morgan fingerprint density at radius 1 is 0.291 bits per heavy atom. The number of fused-ring (bicyclic) bond motifs is 7. The molecule has 0 aliphatic rings. The minimum atomic E-state index is 1.10. The van der Waals surface area contributed by atoms with Crippen LogP contribution in [0.3, 0.4) is 0 Å². The second kappa shape index (κ2) is 12.6. The number of aromatic nitrogens is 2. The molecule has 0 unspecified atom stereocenters. The van der Waals surface area contributed by atoms with Crippen molar-refractivity contribution in [1.29, 1.82) is 0 Å². The third-order valence-electron chi connectivity index (χ3n) is 11.1. The quantitative estimate of drug-likeness (QED) is 0.168. The summed E-state index contributed by atoms with van der Waals surface area (Å²) in [6.07, 6.45) is 0. The molecule has 3 heteroatoms. The average molecular weight is 702 g/mol. The zero-order valence-corrected chi connectivity index (χ0v) is 30.0. The molecule has 11 rings (SSSR count). The number of hydrogen-bond donors (Lipinski definition) is 0. The molecule has 0 bridgehead atoms. The number of para-hydroxylation sites is 4. The van der Waals surface area contributed by atoms with Crippen LogP contribution < -0.4 is 4.90 Å². The van der Waals surface area contributed by atoms with Crippen LogP contribution in [-0.2, 0) is 0 Å². The third kappa shape index (κ3) is 5.05. The van der Waals surface area contributed by atoms with E-state index in [0.29, 0.717) is 0 Å². The standard InChI is InChI=1S/C52H35N3/c1-3-16-38(17-4-1)53(40-28-26-37(27-29-40)44-23-13-15-36-14-7-8-20-43(36)44)41-30-32-47-48-33-31-42(35-52(48)54(51(47)34-41)39-18-5-2-6-19-39)55-49-24-11-9-21-45(49)46-22-10-12-25-50(46)55/h1-35H. The van der Waals surface area contributed by atoms with Gasteiger partial charge in [-0.15, -0.1) is 0 Å². The van der Waals surface area contributed by atoms with E-state index in [0.717, 1.165) is 34.0 Å². The van der Waals surface area contributed by atoms with Gasteiger partial charge in [-0.2, -0.15) is 0 Å².